The molecular formula is C10H18N2O5S. The maximum absolute atomic E-state index is 11.3. The van der Waals surface area contributed by atoms with Crippen molar-refractivity contribution in [3.63, 3.8) is 0 Å². The normalized spacial score (nSPS) is 11.7. The van der Waals surface area contributed by atoms with E-state index in [9.17, 15) is 14.4 Å². The van der Waals surface area contributed by atoms with Crippen LogP contribution in [0.5, 0.6) is 0 Å². The summed E-state index contributed by atoms with van der Waals surface area (Å²) in [6.07, 6.45) is 0.143. The van der Waals surface area contributed by atoms with Gasteiger partial charge in [0, 0.05) is 18.7 Å². The third-order valence-corrected chi connectivity index (χ3v) is 2.67. The van der Waals surface area contributed by atoms with Gasteiger partial charge in [0.25, 0.3) is 0 Å². The number of ether oxygens (including phenoxy) is 1. The topological polar surface area (TPSA) is 119 Å². The average Bonchev–Trinajstić information content (AvgIpc) is 2.31. The molecule has 0 aromatic heterocycles. The lowest BCUT2D eigenvalue weighted by Gasteiger charge is -2.07. The van der Waals surface area contributed by atoms with E-state index in [2.05, 4.69) is 10.1 Å². The van der Waals surface area contributed by atoms with Crippen LogP contribution in [0.1, 0.15) is 19.8 Å². The molecule has 1 atom stereocenters. The SMILES string of the molecule is CCOC(=O)SCCNC(=O)CCC(N)C(=O)O. The molecule has 1 unspecified atom stereocenters. The fourth-order valence-corrected chi connectivity index (χ4v) is 1.55. The highest BCUT2D eigenvalue weighted by Crippen LogP contribution is 2.03. The molecule has 4 N–H and O–H groups in total. The van der Waals surface area contributed by atoms with Crippen molar-refractivity contribution in [3.05, 3.63) is 0 Å². The first-order valence-corrected chi connectivity index (χ1v) is 6.50. The van der Waals surface area contributed by atoms with Gasteiger partial charge in [-0.25, -0.2) is 4.79 Å². The zero-order valence-electron chi connectivity index (χ0n) is 10.2. The Morgan fingerprint density at radius 1 is 1.44 bits per heavy atom. The van der Waals surface area contributed by atoms with Crippen molar-refractivity contribution in [1.29, 1.82) is 0 Å². The van der Waals surface area contributed by atoms with Gasteiger partial charge >= 0.3 is 11.3 Å². The van der Waals surface area contributed by atoms with Gasteiger partial charge in [-0.1, -0.05) is 0 Å². The number of hydrogen-bond acceptors (Lipinski definition) is 6. The molecule has 0 heterocycles. The van der Waals surface area contributed by atoms with E-state index in [0.29, 0.717) is 18.9 Å². The predicted molar refractivity (Wildman–Crippen MR) is 67.3 cm³/mol. The Morgan fingerprint density at radius 2 is 2.11 bits per heavy atom. The summed E-state index contributed by atoms with van der Waals surface area (Å²) in [4.78, 5) is 32.6. The first kappa shape index (κ1) is 16.7. The molecule has 7 nitrogen and oxygen atoms in total. The van der Waals surface area contributed by atoms with Crippen molar-refractivity contribution in [1.82, 2.24) is 5.32 Å². The van der Waals surface area contributed by atoms with Crippen molar-refractivity contribution in [2.45, 2.75) is 25.8 Å². The van der Waals surface area contributed by atoms with E-state index in [0.717, 1.165) is 11.8 Å². The third-order valence-electron chi connectivity index (χ3n) is 1.91. The highest BCUT2D eigenvalue weighted by Gasteiger charge is 2.13. The Hall–Kier alpha value is -1.28. The quantitative estimate of drug-likeness (QED) is 0.428. The summed E-state index contributed by atoms with van der Waals surface area (Å²) in [5, 5.41) is 10.7. The lowest BCUT2D eigenvalue weighted by atomic mass is 10.1. The van der Waals surface area contributed by atoms with Gasteiger partial charge in [-0.05, 0) is 25.1 Å². The number of nitrogens with two attached hydrogens (primary N) is 1. The molecule has 0 aliphatic rings. The van der Waals surface area contributed by atoms with Crippen LogP contribution in [0.3, 0.4) is 0 Å². The Labute approximate surface area is 109 Å². The fourth-order valence-electron chi connectivity index (χ4n) is 0.983. The molecule has 104 valence electrons. The van der Waals surface area contributed by atoms with Crippen molar-refractivity contribution in [2.24, 2.45) is 5.73 Å². The molecule has 0 aromatic rings. The van der Waals surface area contributed by atoms with E-state index in [4.69, 9.17) is 10.8 Å². The first-order chi connectivity index (χ1) is 8.47. The van der Waals surface area contributed by atoms with Crippen molar-refractivity contribution < 1.29 is 24.2 Å². The van der Waals surface area contributed by atoms with Crippen molar-refractivity contribution in [2.75, 3.05) is 18.9 Å². The fraction of sp³-hybridized carbons (Fsp3) is 0.700. The van der Waals surface area contributed by atoms with E-state index in [-0.39, 0.29) is 24.1 Å². The Kier molecular flexibility index (Phi) is 9.03. The number of carbonyl (C=O) groups excluding carboxylic acids is 2. The molecule has 8 heteroatoms. The van der Waals surface area contributed by atoms with Crippen LogP contribution in [-0.2, 0) is 14.3 Å². The lowest BCUT2D eigenvalue weighted by Crippen LogP contribution is -2.33. The molecule has 18 heavy (non-hydrogen) atoms. The summed E-state index contributed by atoms with van der Waals surface area (Å²) in [6, 6.07) is -1.02. The summed E-state index contributed by atoms with van der Waals surface area (Å²) in [5.74, 6) is -0.993. The summed E-state index contributed by atoms with van der Waals surface area (Å²) < 4.78 is 4.68. The van der Waals surface area contributed by atoms with Gasteiger partial charge in [-0.15, -0.1) is 0 Å². The maximum atomic E-state index is 11.3. The number of hydrogen-bond donors (Lipinski definition) is 3. The molecule has 0 rings (SSSR count). The van der Waals surface area contributed by atoms with Crippen molar-refractivity contribution in [3.8, 4) is 0 Å². The predicted octanol–water partition coefficient (Wildman–Crippen LogP) is 0.184. The molecule has 0 aliphatic heterocycles. The average molecular weight is 278 g/mol. The van der Waals surface area contributed by atoms with Gasteiger partial charge in [0.2, 0.25) is 5.91 Å². The van der Waals surface area contributed by atoms with Crippen LogP contribution in [0.15, 0.2) is 0 Å². The third kappa shape index (κ3) is 8.82. The number of carboxylic acids is 1. The molecule has 0 aromatic carbocycles. The van der Waals surface area contributed by atoms with Gasteiger partial charge in [0.1, 0.15) is 6.04 Å². The number of carbonyl (C=O) groups is 3. The number of amides is 1. The van der Waals surface area contributed by atoms with Crippen LogP contribution in [0.4, 0.5) is 4.79 Å². The minimum absolute atomic E-state index is 0.0531. The van der Waals surface area contributed by atoms with Gasteiger partial charge in [-0.3, -0.25) is 9.59 Å². The highest BCUT2D eigenvalue weighted by molar-refractivity contribution is 8.13. The number of rotatable bonds is 8. The number of aliphatic carboxylic acids is 1. The summed E-state index contributed by atoms with van der Waals surface area (Å²) in [7, 11) is 0. The monoisotopic (exact) mass is 278 g/mol. The minimum atomic E-state index is -1.12. The second-order valence-corrected chi connectivity index (χ2v) is 4.40. The Bertz CT molecular complexity index is 298. The number of thioether (sulfide) groups is 1. The van der Waals surface area contributed by atoms with Gasteiger partial charge in [0.15, 0.2) is 0 Å². The van der Waals surface area contributed by atoms with Crippen LogP contribution in [0.25, 0.3) is 0 Å². The van der Waals surface area contributed by atoms with Crippen LogP contribution in [-0.4, -0.2) is 47.2 Å². The Balaban J connectivity index is 3.54. The van der Waals surface area contributed by atoms with Crippen LogP contribution in [0, 0.1) is 0 Å². The summed E-state index contributed by atoms with van der Waals surface area (Å²) >= 11 is 0.978. The van der Waals surface area contributed by atoms with Gasteiger partial charge in [0.05, 0.1) is 6.61 Å². The molecule has 0 saturated carbocycles. The van der Waals surface area contributed by atoms with Crippen LogP contribution < -0.4 is 11.1 Å². The van der Waals surface area contributed by atoms with E-state index < -0.39 is 12.0 Å². The molecular weight excluding hydrogens is 260 g/mol. The van der Waals surface area contributed by atoms with E-state index in [1.807, 2.05) is 0 Å². The Morgan fingerprint density at radius 3 is 2.67 bits per heavy atom. The maximum Gasteiger partial charge on any atom is 0.367 e. The van der Waals surface area contributed by atoms with E-state index >= 15 is 0 Å². The van der Waals surface area contributed by atoms with Crippen LogP contribution >= 0.6 is 11.8 Å². The summed E-state index contributed by atoms with van der Waals surface area (Å²) in [5.41, 5.74) is 5.25. The zero-order valence-corrected chi connectivity index (χ0v) is 11.0. The number of nitrogens with one attached hydrogen (secondary N) is 1. The summed E-state index contributed by atoms with van der Waals surface area (Å²) in [6.45, 7) is 2.36. The standard InChI is InChI=1S/C10H18N2O5S/c1-2-17-10(16)18-6-5-12-8(13)4-3-7(11)9(14)15/h7H,2-6,11H2,1H3,(H,12,13)(H,14,15). The lowest BCUT2D eigenvalue weighted by molar-refractivity contribution is -0.138. The molecule has 0 aliphatic carbocycles. The molecule has 0 radical (unpaired) electrons. The van der Waals surface area contributed by atoms with Gasteiger partial charge < -0.3 is 20.9 Å². The minimum Gasteiger partial charge on any atom is -0.480 e. The molecule has 1 amide bonds. The highest BCUT2D eigenvalue weighted by atomic mass is 32.2. The zero-order chi connectivity index (χ0) is 14.0. The van der Waals surface area contributed by atoms with E-state index in [1.54, 1.807) is 6.92 Å². The number of carboxylic acid groups (broad SMARTS) is 1. The smallest absolute Gasteiger partial charge is 0.367 e. The van der Waals surface area contributed by atoms with E-state index in [1.165, 1.54) is 0 Å². The second kappa shape index (κ2) is 9.72. The second-order valence-electron chi connectivity index (χ2n) is 3.36. The van der Waals surface area contributed by atoms with Crippen LogP contribution in [0.2, 0.25) is 0 Å². The largest absolute Gasteiger partial charge is 0.480 e. The van der Waals surface area contributed by atoms with Gasteiger partial charge in [-0.2, -0.15) is 0 Å². The van der Waals surface area contributed by atoms with Crippen molar-refractivity contribution >= 4 is 28.9 Å². The molecule has 0 bridgehead atoms. The molecule has 0 fully saturated rings. The molecule has 0 saturated heterocycles. The molecule has 0 spiro atoms. The first-order valence-electron chi connectivity index (χ1n) is 5.52.